The molecule has 1 aliphatic rings. The zero-order valence-electron chi connectivity index (χ0n) is 20.6. The van der Waals surface area contributed by atoms with E-state index < -0.39 is 6.04 Å². The molecular weight excluding hydrogens is 475 g/mol. The van der Waals surface area contributed by atoms with Gasteiger partial charge in [-0.25, -0.2) is 9.38 Å². The van der Waals surface area contributed by atoms with Gasteiger partial charge in [-0.2, -0.15) is 5.26 Å². The summed E-state index contributed by atoms with van der Waals surface area (Å²) in [6, 6.07) is 12.8. The van der Waals surface area contributed by atoms with Crippen LogP contribution in [-0.2, 0) is 16.0 Å². The zero-order valence-corrected chi connectivity index (χ0v) is 20.6. The van der Waals surface area contributed by atoms with E-state index >= 15 is 0 Å². The summed E-state index contributed by atoms with van der Waals surface area (Å²) in [4.78, 5) is 31.8. The summed E-state index contributed by atoms with van der Waals surface area (Å²) in [7, 11) is 0. The summed E-state index contributed by atoms with van der Waals surface area (Å²) in [5, 5.41) is 18.5. The number of fused-ring (bicyclic) bond motifs is 1. The molecule has 0 saturated carbocycles. The van der Waals surface area contributed by atoms with Crippen molar-refractivity contribution in [2.45, 2.75) is 38.6 Å². The quantitative estimate of drug-likeness (QED) is 0.196. The van der Waals surface area contributed by atoms with E-state index in [9.17, 15) is 19.2 Å². The maximum absolute atomic E-state index is 13.2. The standard InChI is InChI=1S/C27H29FN6O3/c1-18-14-20-15-22(9-10-24(20)37-18)32-27(31-17-29)33-23-4-2-3-13-34(26(23)36)16-25(35)30-12-11-19-5-7-21(28)8-6-19/h5-10,14-15,23H,2-4,11-13,16H2,1H3,(H,30,35)(H2,31,32,33)/t23-/m0/s1. The minimum Gasteiger partial charge on any atom is -0.461 e. The summed E-state index contributed by atoms with van der Waals surface area (Å²) >= 11 is 0. The first-order valence-electron chi connectivity index (χ1n) is 12.2. The van der Waals surface area contributed by atoms with Gasteiger partial charge < -0.3 is 20.0 Å². The predicted molar refractivity (Wildman–Crippen MR) is 138 cm³/mol. The molecule has 0 unspecified atom stereocenters. The second-order valence-corrected chi connectivity index (χ2v) is 8.95. The molecule has 37 heavy (non-hydrogen) atoms. The fraction of sp³-hybridized carbons (Fsp3) is 0.333. The first kappa shape index (κ1) is 25.7. The Hall–Kier alpha value is -4.39. The summed E-state index contributed by atoms with van der Waals surface area (Å²) in [6.07, 6.45) is 4.46. The number of nitrogens with one attached hydrogen (secondary N) is 3. The molecule has 3 N–H and O–H groups in total. The zero-order chi connectivity index (χ0) is 26.2. The molecular formula is C27H29FN6O3. The molecule has 1 aromatic heterocycles. The van der Waals surface area contributed by atoms with Gasteiger partial charge in [-0.1, -0.05) is 12.1 Å². The predicted octanol–water partition coefficient (Wildman–Crippen LogP) is 3.46. The van der Waals surface area contributed by atoms with Gasteiger partial charge in [0.2, 0.25) is 17.8 Å². The number of likely N-dealkylation sites (tertiary alicyclic amines) is 1. The summed E-state index contributed by atoms with van der Waals surface area (Å²) in [6.45, 7) is 2.64. The molecule has 1 saturated heterocycles. The third-order valence-corrected chi connectivity index (χ3v) is 6.10. The largest absolute Gasteiger partial charge is 0.461 e. The molecule has 4 rings (SSSR count). The first-order valence-corrected chi connectivity index (χ1v) is 12.2. The van der Waals surface area contributed by atoms with E-state index in [1.54, 1.807) is 18.2 Å². The minimum absolute atomic E-state index is 0.0702. The van der Waals surface area contributed by atoms with Crippen LogP contribution < -0.4 is 16.0 Å². The molecule has 3 aromatic rings. The lowest BCUT2D eigenvalue weighted by molar-refractivity contribution is -0.136. The molecule has 0 radical (unpaired) electrons. The van der Waals surface area contributed by atoms with Crippen LogP contribution in [0, 0.1) is 24.2 Å². The van der Waals surface area contributed by atoms with Gasteiger partial charge in [0.05, 0.1) is 6.54 Å². The van der Waals surface area contributed by atoms with Crippen molar-refractivity contribution in [1.29, 1.82) is 5.26 Å². The van der Waals surface area contributed by atoms with Crippen LogP contribution in [0.1, 0.15) is 30.6 Å². The number of halogens is 1. The first-order chi connectivity index (χ1) is 17.9. The van der Waals surface area contributed by atoms with E-state index in [0.29, 0.717) is 31.6 Å². The van der Waals surface area contributed by atoms with Crippen molar-refractivity contribution in [1.82, 2.24) is 15.5 Å². The van der Waals surface area contributed by atoms with Crippen molar-refractivity contribution in [3.05, 3.63) is 65.7 Å². The highest BCUT2D eigenvalue weighted by molar-refractivity contribution is 5.98. The van der Waals surface area contributed by atoms with Crippen molar-refractivity contribution in [2.75, 3.05) is 25.0 Å². The van der Waals surface area contributed by atoms with Crippen molar-refractivity contribution >= 4 is 34.4 Å². The molecule has 1 fully saturated rings. The van der Waals surface area contributed by atoms with Gasteiger partial charge in [-0.3, -0.25) is 14.9 Å². The van der Waals surface area contributed by atoms with E-state index in [0.717, 1.165) is 35.1 Å². The summed E-state index contributed by atoms with van der Waals surface area (Å²) in [5.41, 5.74) is 2.35. The van der Waals surface area contributed by atoms with Crippen LogP contribution in [0.25, 0.3) is 11.0 Å². The highest BCUT2D eigenvalue weighted by atomic mass is 19.1. The van der Waals surface area contributed by atoms with Crippen molar-refractivity contribution in [2.24, 2.45) is 4.99 Å². The number of anilines is 1. The Kier molecular flexibility index (Phi) is 8.36. The van der Waals surface area contributed by atoms with Gasteiger partial charge in [0.1, 0.15) is 23.2 Å². The number of hydrogen-bond acceptors (Lipinski definition) is 5. The number of rotatable bonds is 7. The molecule has 2 amide bonds. The molecule has 1 atom stereocenters. The number of aryl methyl sites for hydroxylation is 1. The number of carbonyl (C=O) groups is 2. The number of carbonyl (C=O) groups excluding carboxylic acids is 2. The van der Waals surface area contributed by atoms with E-state index in [-0.39, 0.29) is 30.1 Å². The molecule has 0 aliphatic carbocycles. The van der Waals surface area contributed by atoms with Crippen LogP contribution in [-0.4, -0.2) is 48.3 Å². The Morgan fingerprint density at radius 3 is 2.81 bits per heavy atom. The normalized spacial score (nSPS) is 16.2. The van der Waals surface area contributed by atoms with Crippen LogP contribution in [0.2, 0.25) is 0 Å². The van der Waals surface area contributed by atoms with Crippen LogP contribution >= 0.6 is 0 Å². The third-order valence-electron chi connectivity index (χ3n) is 6.10. The van der Waals surface area contributed by atoms with Gasteiger partial charge in [-0.05, 0) is 74.6 Å². The van der Waals surface area contributed by atoms with Crippen molar-refractivity contribution in [3.8, 4) is 6.19 Å². The van der Waals surface area contributed by atoms with Gasteiger partial charge >= 0.3 is 0 Å². The van der Waals surface area contributed by atoms with E-state index in [4.69, 9.17) is 4.42 Å². The lowest BCUT2D eigenvalue weighted by atomic mass is 10.1. The summed E-state index contributed by atoms with van der Waals surface area (Å²) < 4.78 is 18.6. The van der Waals surface area contributed by atoms with E-state index in [1.807, 2.05) is 31.3 Å². The SMILES string of the molecule is Cc1cc2cc(NC(=N[C@H]3CCCCN(CC(=O)NCCc4ccc(F)cc4)C3=O)NC#N)ccc2o1. The number of nitriles is 1. The Morgan fingerprint density at radius 1 is 1.22 bits per heavy atom. The number of furan rings is 1. The van der Waals surface area contributed by atoms with E-state index in [2.05, 4.69) is 20.9 Å². The molecule has 2 heterocycles. The maximum atomic E-state index is 13.2. The average molecular weight is 505 g/mol. The van der Waals surface area contributed by atoms with Crippen molar-refractivity contribution < 1.29 is 18.4 Å². The van der Waals surface area contributed by atoms with Gasteiger partial charge in [-0.15, -0.1) is 0 Å². The molecule has 192 valence electrons. The number of amides is 2. The fourth-order valence-corrected chi connectivity index (χ4v) is 4.28. The van der Waals surface area contributed by atoms with Gasteiger partial charge in [0.25, 0.3) is 0 Å². The highest BCUT2D eigenvalue weighted by Crippen LogP contribution is 2.23. The molecule has 10 heteroatoms. The van der Waals surface area contributed by atoms with Crippen LogP contribution in [0.5, 0.6) is 0 Å². The van der Waals surface area contributed by atoms with Gasteiger partial charge in [0, 0.05) is 24.2 Å². The highest BCUT2D eigenvalue weighted by Gasteiger charge is 2.28. The Bertz CT molecular complexity index is 1330. The second-order valence-electron chi connectivity index (χ2n) is 8.95. The van der Waals surface area contributed by atoms with Gasteiger partial charge in [0.15, 0.2) is 6.19 Å². The Morgan fingerprint density at radius 2 is 2.03 bits per heavy atom. The van der Waals surface area contributed by atoms with Crippen LogP contribution in [0.4, 0.5) is 10.1 Å². The minimum atomic E-state index is -0.724. The molecule has 1 aliphatic heterocycles. The average Bonchev–Trinajstić information content (AvgIpc) is 3.16. The third kappa shape index (κ3) is 7.07. The number of nitrogens with zero attached hydrogens (tertiary/aromatic N) is 3. The number of benzene rings is 2. The molecule has 0 bridgehead atoms. The maximum Gasteiger partial charge on any atom is 0.247 e. The lowest BCUT2D eigenvalue weighted by Crippen LogP contribution is -2.44. The summed E-state index contributed by atoms with van der Waals surface area (Å²) in [5.74, 6) is 0.122. The van der Waals surface area contributed by atoms with E-state index in [1.165, 1.54) is 17.0 Å². The molecule has 9 nitrogen and oxygen atoms in total. The number of hydrogen-bond donors (Lipinski definition) is 3. The topological polar surface area (TPSA) is 123 Å². The second kappa shape index (κ2) is 12.0. The monoisotopic (exact) mass is 504 g/mol. The van der Waals surface area contributed by atoms with Crippen LogP contribution in [0.3, 0.4) is 0 Å². The van der Waals surface area contributed by atoms with Crippen LogP contribution in [0.15, 0.2) is 57.9 Å². The Labute approximate surface area is 214 Å². The Balaban J connectivity index is 1.38. The number of guanidine groups is 1. The fourth-order valence-electron chi connectivity index (χ4n) is 4.28. The number of aliphatic imine (C=N–C) groups is 1. The van der Waals surface area contributed by atoms with Crippen molar-refractivity contribution in [3.63, 3.8) is 0 Å². The smallest absolute Gasteiger partial charge is 0.247 e. The lowest BCUT2D eigenvalue weighted by Gasteiger charge is -2.22. The molecule has 2 aromatic carbocycles. The molecule has 0 spiro atoms.